The number of hydrogen-bond acceptors (Lipinski definition) is 4. The van der Waals surface area contributed by atoms with Crippen LogP contribution in [0.2, 0.25) is 0 Å². The summed E-state index contributed by atoms with van der Waals surface area (Å²) < 4.78 is 10.6. The van der Waals surface area contributed by atoms with E-state index in [9.17, 15) is 4.79 Å². The molecule has 2 aliphatic heterocycles. The van der Waals surface area contributed by atoms with Crippen molar-refractivity contribution in [1.82, 2.24) is 10.2 Å². The maximum atomic E-state index is 12.9. The summed E-state index contributed by atoms with van der Waals surface area (Å²) in [4.78, 5) is 15.0. The van der Waals surface area contributed by atoms with Crippen LogP contribution in [0.3, 0.4) is 0 Å². The van der Waals surface area contributed by atoms with Gasteiger partial charge in [0.25, 0.3) is 0 Å². The first-order chi connectivity index (χ1) is 9.72. The molecule has 2 rings (SSSR count). The molecule has 2 heterocycles. The molecule has 0 aromatic heterocycles. The predicted octanol–water partition coefficient (Wildman–Crippen LogP) is 1.31. The second-order valence-electron chi connectivity index (χ2n) is 6.15. The lowest BCUT2D eigenvalue weighted by Gasteiger charge is -2.41. The molecule has 1 N–H and O–H groups in total. The van der Waals surface area contributed by atoms with Gasteiger partial charge in [-0.15, -0.1) is 12.4 Å². The van der Waals surface area contributed by atoms with Crippen LogP contribution in [0.5, 0.6) is 0 Å². The van der Waals surface area contributed by atoms with Gasteiger partial charge >= 0.3 is 0 Å². The molecule has 0 aliphatic carbocycles. The van der Waals surface area contributed by atoms with E-state index in [1.54, 1.807) is 14.2 Å². The Labute approximate surface area is 134 Å². The number of carbonyl (C=O) groups is 1. The number of rotatable bonds is 5. The number of hydrogen-bond donors (Lipinski definition) is 1. The lowest BCUT2D eigenvalue weighted by molar-refractivity contribution is -0.149. The van der Waals surface area contributed by atoms with Gasteiger partial charge in [-0.05, 0) is 44.7 Å². The van der Waals surface area contributed by atoms with E-state index >= 15 is 0 Å². The number of ether oxygens (including phenoxy) is 2. The highest BCUT2D eigenvalue weighted by atomic mass is 35.5. The summed E-state index contributed by atoms with van der Waals surface area (Å²) in [5, 5.41) is 3.34. The van der Waals surface area contributed by atoms with E-state index in [0.29, 0.717) is 18.4 Å². The zero-order valence-electron chi connectivity index (χ0n) is 13.2. The highest BCUT2D eigenvalue weighted by Gasteiger charge is 2.42. The number of nitrogens with zero attached hydrogens (tertiary/aromatic N) is 1. The van der Waals surface area contributed by atoms with Crippen molar-refractivity contribution >= 4 is 18.3 Å². The topological polar surface area (TPSA) is 50.8 Å². The van der Waals surface area contributed by atoms with Gasteiger partial charge in [0.05, 0.1) is 12.0 Å². The van der Waals surface area contributed by atoms with E-state index in [-0.39, 0.29) is 17.8 Å². The van der Waals surface area contributed by atoms with Gasteiger partial charge in [-0.25, -0.2) is 0 Å². The Morgan fingerprint density at radius 1 is 1.19 bits per heavy atom. The Balaban J connectivity index is 0.00000220. The lowest BCUT2D eigenvalue weighted by Crippen LogP contribution is -2.53. The van der Waals surface area contributed by atoms with Crippen molar-refractivity contribution in [2.24, 2.45) is 11.3 Å². The summed E-state index contributed by atoms with van der Waals surface area (Å²) in [5.41, 5.74) is -0.298. The summed E-state index contributed by atoms with van der Waals surface area (Å²) in [6.45, 7) is 4.92. The summed E-state index contributed by atoms with van der Waals surface area (Å²) in [6, 6.07) is 0. The van der Waals surface area contributed by atoms with E-state index in [1.165, 1.54) is 0 Å². The third-order valence-electron chi connectivity index (χ3n) is 4.74. The minimum absolute atomic E-state index is 0. The molecule has 0 radical (unpaired) electrons. The number of nitrogens with one attached hydrogen (secondary N) is 1. The molecule has 21 heavy (non-hydrogen) atoms. The van der Waals surface area contributed by atoms with Crippen LogP contribution in [-0.4, -0.2) is 64.4 Å². The molecular formula is C15H29ClN2O3. The summed E-state index contributed by atoms with van der Waals surface area (Å²) >= 11 is 0. The Hall–Kier alpha value is -0.360. The Morgan fingerprint density at radius 2 is 1.81 bits per heavy atom. The molecule has 2 aliphatic rings. The van der Waals surface area contributed by atoms with Crippen LogP contribution in [0.4, 0.5) is 0 Å². The molecule has 2 fully saturated rings. The van der Waals surface area contributed by atoms with Crippen LogP contribution in [0, 0.1) is 11.3 Å². The van der Waals surface area contributed by atoms with Gasteiger partial charge in [0.1, 0.15) is 0 Å². The first-order valence-electron chi connectivity index (χ1n) is 7.70. The molecule has 0 bridgehead atoms. The van der Waals surface area contributed by atoms with E-state index in [4.69, 9.17) is 9.47 Å². The summed E-state index contributed by atoms with van der Waals surface area (Å²) in [5.74, 6) is 0.909. The molecule has 0 aromatic carbocycles. The zero-order valence-corrected chi connectivity index (χ0v) is 14.0. The molecule has 5 nitrogen and oxygen atoms in total. The average Bonchev–Trinajstić information content (AvgIpc) is 2.49. The van der Waals surface area contributed by atoms with Crippen LogP contribution >= 0.6 is 12.4 Å². The number of halogens is 1. The fraction of sp³-hybridized carbons (Fsp3) is 0.933. The quantitative estimate of drug-likeness (QED) is 0.830. The Morgan fingerprint density at radius 3 is 2.33 bits per heavy atom. The van der Waals surface area contributed by atoms with Crippen molar-refractivity contribution < 1.29 is 14.3 Å². The van der Waals surface area contributed by atoms with E-state index in [2.05, 4.69) is 10.2 Å². The number of amides is 1. The fourth-order valence-corrected chi connectivity index (χ4v) is 3.48. The standard InChI is InChI=1S/C15H28N2O3.ClH/c1-19-11-13-3-9-17(10-4-13)14(18)15(12-20-2)5-7-16-8-6-15;/h13,16H,3-12H2,1-2H3;1H. The maximum absolute atomic E-state index is 12.9. The second-order valence-corrected chi connectivity index (χ2v) is 6.15. The highest BCUT2D eigenvalue weighted by Crippen LogP contribution is 2.33. The molecule has 1 amide bonds. The van der Waals surface area contributed by atoms with Gasteiger partial charge in [-0.1, -0.05) is 0 Å². The van der Waals surface area contributed by atoms with Crippen LogP contribution in [-0.2, 0) is 14.3 Å². The van der Waals surface area contributed by atoms with Gasteiger partial charge in [0.15, 0.2) is 0 Å². The average molecular weight is 321 g/mol. The first kappa shape index (κ1) is 18.7. The maximum Gasteiger partial charge on any atom is 0.231 e. The summed E-state index contributed by atoms with van der Waals surface area (Å²) in [6.07, 6.45) is 3.89. The predicted molar refractivity (Wildman–Crippen MR) is 84.8 cm³/mol. The van der Waals surface area contributed by atoms with Crippen LogP contribution in [0.1, 0.15) is 25.7 Å². The van der Waals surface area contributed by atoms with Crippen LogP contribution in [0.25, 0.3) is 0 Å². The van der Waals surface area contributed by atoms with Crippen molar-refractivity contribution in [2.45, 2.75) is 25.7 Å². The first-order valence-corrected chi connectivity index (χ1v) is 7.70. The summed E-state index contributed by atoms with van der Waals surface area (Å²) in [7, 11) is 3.45. The van der Waals surface area contributed by atoms with Crippen molar-refractivity contribution in [1.29, 1.82) is 0 Å². The minimum Gasteiger partial charge on any atom is -0.384 e. The molecule has 2 saturated heterocycles. The molecular weight excluding hydrogens is 292 g/mol. The van der Waals surface area contributed by atoms with E-state index < -0.39 is 0 Å². The van der Waals surface area contributed by atoms with Crippen LogP contribution in [0.15, 0.2) is 0 Å². The van der Waals surface area contributed by atoms with Gasteiger partial charge in [-0.2, -0.15) is 0 Å². The van der Waals surface area contributed by atoms with Crippen molar-refractivity contribution in [2.75, 3.05) is 53.6 Å². The monoisotopic (exact) mass is 320 g/mol. The van der Waals surface area contributed by atoms with Crippen LogP contribution < -0.4 is 5.32 Å². The third kappa shape index (κ3) is 4.55. The molecule has 6 heteroatoms. The molecule has 0 aromatic rings. The smallest absolute Gasteiger partial charge is 0.231 e. The van der Waals surface area contributed by atoms with Crippen molar-refractivity contribution in [3.05, 3.63) is 0 Å². The van der Waals surface area contributed by atoms with Gasteiger partial charge in [-0.3, -0.25) is 4.79 Å². The minimum atomic E-state index is -0.298. The fourth-order valence-electron chi connectivity index (χ4n) is 3.48. The normalized spacial score (nSPS) is 22.7. The molecule has 0 spiro atoms. The molecule has 0 unspecified atom stereocenters. The molecule has 0 saturated carbocycles. The van der Waals surface area contributed by atoms with Gasteiger partial charge < -0.3 is 19.7 Å². The Bertz CT molecular complexity index is 309. The molecule has 124 valence electrons. The number of piperidine rings is 2. The number of methoxy groups -OCH3 is 2. The highest BCUT2D eigenvalue weighted by molar-refractivity contribution is 5.85. The SMILES string of the molecule is COCC1CCN(C(=O)C2(COC)CCNCC2)CC1.Cl. The zero-order chi connectivity index (χ0) is 14.4. The lowest BCUT2D eigenvalue weighted by atomic mass is 9.77. The van der Waals surface area contributed by atoms with Gasteiger partial charge in [0, 0.05) is 33.9 Å². The molecule has 0 atom stereocenters. The third-order valence-corrected chi connectivity index (χ3v) is 4.74. The van der Waals surface area contributed by atoms with E-state index in [0.717, 1.165) is 58.5 Å². The van der Waals surface area contributed by atoms with Gasteiger partial charge in [0.2, 0.25) is 5.91 Å². The number of carbonyl (C=O) groups excluding carboxylic acids is 1. The second kappa shape index (κ2) is 8.93. The van der Waals surface area contributed by atoms with Crippen molar-refractivity contribution in [3.63, 3.8) is 0 Å². The van der Waals surface area contributed by atoms with E-state index in [1.807, 2.05) is 0 Å². The number of likely N-dealkylation sites (tertiary alicyclic amines) is 1. The largest absolute Gasteiger partial charge is 0.384 e. The Kier molecular flexibility index (Phi) is 7.95. The van der Waals surface area contributed by atoms with Crippen molar-refractivity contribution in [3.8, 4) is 0 Å².